The van der Waals surface area contributed by atoms with E-state index in [9.17, 15) is 29.7 Å². The van der Waals surface area contributed by atoms with E-state index >= 15 is 0 Å². The average Bonchev–Trinajstić information content (AvgIpc) is 3.23. The van der Waals surface area contributed by atoms with Crippen molar-refractivity contribution < 1.29 is 34.1 Å². The van der Waals surface area contributed by atoms with Gasteiger partial charge in [0.25, 0.3) is 0 Å². The third-order valence-electron chi connectivity index (χ3n) is 8.30. The number of carbonyl (C=O) groups is 3. The Morgan fingerprint density at radius 1 is 1.08 bits per heavy atom. The van der Waals surface area contributed by atoms with Crippen LogP contribution in [0.3, 0.4) is 0 Å². The second kappa shape index (κ2) is 9.95. The number of nitrogens with zero attached hydrogens (tertiary/aromatic N) is 2. The van der Waals surface area contributed by atoms with E-state index in [0.717, 1.165) is 43.4 Å². The first-order valence-electron chi connectivity index (χ1n) is 12.7. The lowest BCUT2D eigenvalue weighted by molar-refractivity contribution is -0.167. The molecule has 9 heteroatoms. The summed E-state index contributed by atoms with van der Waals surface area (Å²) in [6.45, 7) is 6.48. The number of hydrogen-bond donors (Lipinski definition) is 3. The molecular weight excluding hydrogens is 476 g/mol. The van der Waals surface area contributed by atoms with Gasteiger partial charge in [-0.05, 0) is 82.7 Å². The molecule has 2 aliphatic heterocycles. The molecule has 1 aliphatic carbocycles. The number of aliphatic hydroxyl groups is 1. The molecule has 2 saturated heterocycles. The van der Waals surface area contributed by atoms with E-state index in [1.165, 1.54) is 0 Å². The van der Waals surface area contributed by atoms with E-state index in [4.69, 9.17) is 4.42 Å². The molecule has 5 rings (SSSR count). The highest BCUT2D eigenvalue weighted by Gasteiger charge is 2.55. The van der Waals surface area contributed by atoms with Gasteiger partial charge in [0.05, 0.1) is 18.5 Å². The van der Waals surface area contributed by atoms with E-state index < -0.39 is 47.9 Å². The number of carboxylic acid groups (broad SMARTS) is 2. The number of carboxylic acids is 2. The van der Waals surface area contributed by atoms with E-state index in [2.05, 4.69) is 11.9 Å². The maximum Gasteiger partial charge on any atom is 0.336 e. The summed E-state index contributed by atoms with van der Waals surface area (Å²) in [6, 6.07) is 8.75. The number of aryl methyl sites for hydroxylation is 3. The van der Waals surface area contributed by atoms with Crippen LogP contribution in [-0.2, 0) is 14.4 Å². The molecule has 1 saturated carbocycles. The highest BCUT2D eigenvalue weighted by molar-refractivity contribution is 6.00. The summed E-state index contributed by atoms with van der Waals surface area (Å²) >= 11 is 0. The summed E-state index contributed by atoms with van der Waals surface area (Å²) in [5.74, 6) is -2.06. The minimum Gasteiger partial charge on any atom is -0.481 e. The van der Waals surface area contributed by atoms with Gasteiger partial charge in [-0.3, -0.25) is 19.4 Å². The Balaban J connectivity index is 1.93. The van der Waals surface area contributed by atoms with Crippen molar-refractivity contribution in [2.24, 2.45) is 5.92 Å². The Bertz CT molecular complexity index is 1180. The smallest absolute Gasteiger partial charge is 0.336 e. The number of para-hydroxylation sites is 1. The van der Waals surface area contributed by atoms with Crippen LogP contribution in [-0.4, -0.2) is 62.8 Å². The fourth-order valence-corrected chi connectivity index (χ4v) is 6.41. The number of aliphatic carboxylic acids is 2. The number of carbonyl (C=O) groups excluding carboxylic acids is 1. The first kappa shape index (κ1) is 26.9. The first-order chi connectivity index (χ1) is 17.4. The van der Waals surface area contributed by atoms with Crippen molar-refractivity contribution in [2.75, 3.05) is 18.5 Å². The number of amides is 1. The first-order valence-corrected chi connectivity index (χ1v) is 12.7. The van der Waals surface area contributed by atoms with E-state index in [1.807, 2.05) is 51.1 Å². The number of furan rings is 1. The van der Waals surface area contributed by atoms with E-state index in [0.29, 0.717) is 23.1 Å². The number of likely N-dealkylation sites (N-methyl/N-ethyl adjacent to an activating group) is 1. The van der Waals surface area contributed by atoms with Crippen molar-refractivity contribution in [1.82, 2.24) is 4.90 Å². The van der Waals surface area contributed by atoms with Crippen LogP contribution in [0.25, 0.3) is 0 Å². The molecular formula is C28H36N2O7. The SMILES string of the molecule is Cc1ccc(C(N(C(=O)CC(O)(CC(=O)O)C(=O)O)c2c(C)cccc2C)C23CCC(CC2)CN3C)o1. The molecule has 3 aliphatic rings. The fraction of sp³-hybridized carbons (Fsp3) is 0.536. The van der Waals surface area contributed by atoms with Crippen LogP contribution in [0.4, 0.5) is 5.69 Å². The monoisotopic (exact) mass is 512 g/mol. The summed E-state index contributed by atoms with van der Waals surface area (Å²) in [6.07, 6.45) is 1.69. The Labute approximate surface area is 216 Å². The minimum atomic E-state index is -2.75. The lowest BCUT2D eigenvalue weighted by atomic mass is 9.66. The van der Waals surface area contributed by atoms with Gasteiger partial charge in [0.1, 0.15) is 17.6 Å². The van der Waals surface area contributed by atoms with E-state index in [1.54, 1.807) is 4.90 Å². The zero-order chi connectivity index (χ0) is 27.1. The predicted octanol–water partition coefficient (Wildman–Crippen LogP) is 3.83. The molecule has 2 bridgehead atoms. The zero-order valence-corrected chi connectivity index (χ0v) is 21.9. The van der Waals surface area contributed by atoms with Crippen molar-refractivity contribution >= 4 is 23.5 Å². The molecule has 3 fully saturated rings. The number of fused-ring (bicyclic) bond motifs is 3. The van der Waals surface area contributed by atoms with Crippen molar-refractivity contribution in [3.05, 3.63) is 53.0 Å². The lowest BCUT2D eigenvalue weighted by Crippen LogP contribution is -2.64. The third kappa shape index (κ3) is 4.90. The van der Waals surface area contributed by atoms with Crippen LogP contribution in [0.1, 0.15) is 67.2 Å². The summed E-state index contributed by atoms with van der Waals surface area (Å²) in [5.41, 5.74) is -0.998. The van der Waals surface area contributed by atoms with Gasteiger partial charge in [0.15, 0.2) is 5.60 Å². The molecule has 1 aromatic heterocycles. The van der Waals surface area contributed by atoms with Crippen LogP contribution in [0.15, 0.2) is 34.7 Å². The number of piperidine rings is 2. The lowest BCUT2D eigenvalue weighted by Gasteiger charge is -2.58. The summed E-state index contributed by atoms with van der Waals surface area (Å²) in [5, 5.41) is 29.9. The molecule has 2 unspecified atom stereocenters. The maximum absolute atomic E-state index is 14.2. The highest BCUT2D eigenvalue weighted by atomic mass is 16.4. The van der Waals surface area contributed by atoms with Crippen LogP contribution >= 0.6 is 0 Å². The second-order valence-electron chi connectivity index (χ2n) is 10.9. The number of rotatable bonds is 9. The normalized spacial score (nSPS) is 23.9. The van der Waals surface area contributed by atoms with Gasteiger partial charge in [-0.1, -0.05) is 18.2 Å². The van der Waals surface area contributed by atoms with Gasteiger partial charge in [-0.25, -0.2) is 4.79 Å². The van der Waals surface area contributed by atoms with Crippen LogP contribution < -0.4 is 4.90 Å². The number of hydrogen-bond acceptors (Lipinski definition) is 6. The molecule has 1 aromatic carbocycles. The van der Waals surface area contributed by atoms with Gasteiger partial charge < -0.3 is 19.7 Å². The topological polar surface area (TPSA) is 132 Å². The Morgan fingerprint density at radius 2 is 1.70 bits per heavy atom. The predicted molar refractivity (Wildman–Crippen MR) is 136 cm³/mol. The van der Waals surface area contributed by atoms with Crippen molar-refractivity contribution in [1.29, 1.82) is 0 Å². The largest absolute Gasteiger partial charge is 0.481 e. The highest BCUT2D eigenvalue weighted by Crippen LogP contribution is 2.53. The van der Waals surface area contributed by atoms with Crippen LogP contribution in [0, 0.1) is 26.7 Å². The van der Waals surface area contributed by atoms with Crippen molar-refractivity contribution in [2.45, 2.75) is 76.5 Å². The van der Waals surface area contributed by atoms with Gasteiger partial charge >= 0.3 is 11.9 Å². The average molecular weight is 513 g/mol. The zero-order valence-electron chi connectivity index (χ0n) is 21.9. The molecule has 0 radical (unpaired) electrons. The molecule has 0 spiro atoms. The van der Waals surface area contributed by atoms with Gasteiger partial charge in [0.2, 0.25) is 5.91 Å². The van der Waals surface area contributed by atoms with E-state index in [-0.39, 0.29) is 0 Å². The van der Waals surface area contributed by atoms with Gasteiger partial charge in [-0.2, -0.15) is 0 Å². The Hall–Kier alpha value is -3.17. The molecule has 9 nitrogen and oxygen atoms in total. The molecule has 200 valence electrons. The third-order valence-corrected chi connectivity index (χ3v) is 8.30. The standard InChI is InChI=1S/C28H36N2O7/c1-17-6-5-7-18(2)24(17)30(22(31)14-28(36,26(34)35)15-23(32)33)25(21-9-8-19(3)37-21)27-12-10-20(11-13-27)16-29(27)4/h5-9,20,25,36H,10-16H2,1-4H3,(H,32,33)(H,34,35). The fourth-order valence-electron chi connectivity index (χ4n) is 6.41. The van der Waals surface area contributed by atoms with Crippen LogP contribution in [0.5, 0.6) is 0 Å². The molecule has 3 heterocycles. The maximum atomic E-state index is 14.2. The summed E-state index contributed by atoms with van der Waals surface area (Å²) < 4.78 is 6.17. The quantitative estimate of drug-likeness (QED) is 0.462. The summed E-state index contributed by atoms with van der Waals surface area (Å²) in [4.78, 5) is 41.5. The number of benzene rings is 1. The Morgan fingerprint density at radius 3 is 2.19 bits per heavy atom. The minimum absolute atomic E-state index is 0.475. The van der Waals surface area contributed by atoms with Gasteiger partial charge in [0, 0.05) is 12.1 Å². The number of anilines is 1. The van der Waals surface area contributed by atoms with Crippen LogP contribution in [0.2, 0.25) is 0 Å². The van der Waals surface area contributed by atoms with Crippen molar-refractivity contribution in [3.8, 4) is 0 Å². The molecule has 1 amide bonds. The Kier molecular flexibility index (Phi) is 7.23. The molecule has 3 N–H and O–H groups in total. The van der Waals surface area contributed by atoms with Crippen molar-refractivity contribution in [3.63, 3.8) is 0 Å². The summed E-state index contributed by atoms with van der Waals surface area (Å²) in [7, 11) is 2.06. The molecule has 2 atom stereocenters. The molecule has 37 heavy (non-hydrogen) atoms. The molecule has 2 aromatic rings. The second-order valence-corrected chi connectivity index (χ2v) is 10.9. The van der Waals surface area contributed by atoms with Gasteiger partial charge in [-0.15, -0.1) is 0 Å².